The summed E-state index contributed by atoms with van der Waals surface area (Å²) in [5.74, 6) is -0.401. The van der Waals surface area contributed by atoms with Crippen molar-refractivity contribution in [3.05, 3.63) is 45.0 Å². The number of carboxylic acids is 1. The average Bonchev–Trinajstić information content (AvgIpc) is 3.12. The van der Waals surface area contributed by atoms with Crippen LogP contribution in [0.5, 0.6) is 0 Å². The zero-order chi connectivity index (χ0) is 22.8. The molecule has 2 N–H and O–H groups in total. The van der Waals surface area contributed by atoms with Crippen LogP contribution >= 0.6 is 0 Å². The second kappa shape index (κ2) is 9.18. The second-order valence-corrected chi connectivity index (χ2v) is 8.65. The van der Waals surface area contributed by atoms with Gasteiger partial charge in [-0.25, -0.2) is 9.59 Å². The van der Waals surface area contributed by atoms with Gasteiger partial charge in [0.2, 0.25) is 5.91 Å². The lowest BCUT2D eigenvalue weighted by atomic mass is 9.94. The summed E-state index contributed by atoms with van der Waals surface area (Å²) in [5, 5.41) is 13.8. The van der Waals surface area contributed by atoms with Gasteiger partial charge in [0.15, 0.2) is 0 Å². The molecule has 0 aliphatic heterocycles. The highest BCUT2D eigenvalue weighted by Gasteiger charge is 2.22. The summed E-state index contributed by atoms with van der Waals surface area (Å²) in [6, 6.07) is 2.92. The largest absolute Gasteiger partial charge is 0.480 e. The quantitative estimate of drug-likeness (QED) is 0.503. The Kier molecular flexibility index (Phi) is 6.35. The van der Waals surface area contributed by atoms with Crippen molar-refractivity contribution in [1.29, 1.82) is 0 Å². The highest BCUT2D eigenvalue weighted by molar-refractivity contribution is 5.97. The number of aliphatic carboxylic acids is 1. The number of nitrogens with one attached hydrogen (secondary N) is 1. The van der Waals surface area contributed by atoms with Gasteiger partial charge >= 0.3 is 11.6 Å². The van der Waals surface area contributed by atoms with Crippen molar-refractivity contribution in [3.63, 3.8) is 0 Å². The third-order valence-electron chi connectivity index (χ3n) is 6.44. The average molecular weight is 440 g/mol. The molecule has 1 aromatic carbocycles. The number of hydrogen-bond donors (Lipinski definition) is 2. The molecule has 2 aromatic heterocycles. The van der Waals surface area contributed by atoms with Crippen LogP contribution in [0.3, 0.4) is 0 Å². The summed E-state index contributed by atoms with van der Waals surface area (Å²) in [6.45, 7) is 3.84. The molecule has 1 amide bonds. The van der Waals surface area contributed by atoms with Crippen LogP contribution in [-0.4, -0.2) is 23.0 Å². The minimum Gasteiger partial charge on any atom is -0.480 e. The summed E-state index contributed by atoms with van der Waals surface area (Å²) in [5.41, 5.74) is 3.23. The number of hydrogen-bond acceptors (Lipinski definition) is 5. The maximum absolute atomic E-state index is 12.6. The molecule has 2 heterocycles. The summed E-state index contributed by atoms with van der Waals surface area (Å²) in [7, 11) is 0. The molecule has 1 aliphatic rings. The lowest BCUT2D eigenvalue weighted by Crippen LogP contribution is -2.40. The maximum atomic E-state index is 12.6. The molecule has 0 saturated heterocycles. The number of rotatable bonds is 8. The van der Waals surface area contributed by atoms with Gasteiger partial charge in [0, 0.05) is 40.8 Å². The van der Waals surface area contributed by atoms with E-state index in [1.54, 1.807) is 6.07 Å². The smallest absolute Gasteiger partial charge is 0.339 e. The number of carboxylic acid groups (broad SMARTS) is 1. The first-order valence-corrected chi connectivity index (χ1v) is 11.4. The number of fused-ring (bicyclic) bond motifs is 4. The van der Waals surface area contributed by atoms with Crippen molar-refractivity contribution < 1.29 is 23.5 Å². The van der Waals surface area contributed by atoms with Crippen molar-refractivity contribution in [2.75, 3.05) is 0 Å². The predicted octanol–water partition coefficient (Wildman–Crippen LogP) is 4.42. The number of carbonyl (C=O) groups is 2. The molecule has 0 radical (unpaired) electrons. The Balaban J connectivity index is 1.58. The fourth-order valence-corrected chi connectivity index (χ4v) is 4.60. The zero-order valence-corrected chi connectivity index (χ0v) is 18.6. The molecular weight excluding hydrogens is 410 g/mol. The Morgan fingerprint density at radius 2 is 1.88 bits per heavy atom. The Labute approximate surface area is 185 Å². The first kappa shape index (κ1) is 22.1. The first-order chi connectivity index (χ1) is 15.4. The van der Waals surface area contributed by atoms with Crippen LogP contribution in [0, 0.1) is 6.92 Å². The Hall–Kier alpha value is -3.09. The van der Waals surface area contributed by atoms with Gasteiger partial charge < -0.3 is 19.3 Å². The van der Waals surface area contributed by atoms with Crippen LogP contribution in [0.1, 0.15) is 67.9 Å². The highest BCUT2D eigenvalue weighted by Crippen LogP contribution is 2.35. The normalized spacial score (nSPS) is 14.4. The predicted molar refractivity (Wildman–Crippen MR) is 121 cm³/mol. The third kappa shape index (κ3) is 4.29. The summed E-state index contributed by atoms with van der Waals surface area (Å²) in [6.07, 6.45) is 6.35. The molecule has 4 rings (SSSR count). The standard InChI is InChI=1S/C25H29NO6/c1-3-4-8-19(24(28)29)26-23(27)11-10-15-14(2)17-12-18-16-7-5-6-9-20(16)31-22(18)13-21(17)32-25(15)30/h12-13,19H,3-11H2,1-2H3,(H,26,27)(H,28,29). The molecule has 0 fully saturated rings. The second-order valence-electron chi connectivity index (χ2n) is 8.65. The first-order valence-electron chi connectivity index (χ1n) is 11.4. The number of aryl methyl sites for hydroxylation is 3. The minimum atomic E-state index is -1.04. The molecular formula is C25H29NO6. The van der Waals surface area contributed by atoms with E-state index in [1.807, 2.05) is 19.9 Å². The Morgan fingerprint density at radius 1 is 1.12 bits per heavy atom. The fraction of sp³-hybridized carbons (Fsp3) is 0.480. The van der Waals surface area contributed by atoms with Crippen LogP contribution in [-0.2, 0) is 28.9 Å². The third-order valence-corrected chi connectivity index (χ3v) is 6.44. The van der Waals surface area contributed by atoms with E-state index in [4.69, 9.17) is 8.83 Å². The van der Waals surface area contributed by atoms with Crippen molar-refractivity contribution in [2.45, 2.75) is 77.7 Å². The van der Waals surface area contributed by atoms with Crippen LogP contribution in [0.15, 0.2) is 25.8 Å². The number of carbonyl (C=O) groups excluding carboxylic acids is 1. The van der Waals surface area contributed by atoms with Crippen molar-refractivity contribution >= 4 is 33.8 Å². The van der Waals surface area contributed by atoms with Crippen LogP contribution in [0.4, 0.5) is 0 Å². The van der Waals surface area contributed by atoms with E-state index in [0.717, 1.165) is 66.2 Å². The lowest BCUT2D eigenvalue weighted by Gasteiger charge is -2.14. The minimum absolute atomic E-state index is 0.0242. The highest BCUT2D eigenvalue weighted by atomic mass is 16.4. The molecule has 1 atom stereocenters. The molecule has 0 bridgehead atoms. The molecule has 0 spiro atoms. The molecule has 7 heteroatoms. The summed E-state index contributed by atoms with van der Waals surface area (Å²) in [4.78, 5) is 36.4. The van der Waals surface area contributed by atoms with Crippen LogP contribution in [0.25, 0.3) is 21.9 Å². The maximum Gasteiger partial charge on any atom is 0.339 e. The molecule has 1 aliphatic carbocycles. The van der Waals surface area contributed by atoms with Gasteiger partial charge in [-0.15, -0.1) is 0 Å². The summed E-state index contributed by atoms with van der Waals surface area (Å²) >= 11 is 0. The Bertz CT molecular complexity index is 1230. The molecule has 7 nitrogen and oxygen atoms in total. The molecule has 32 heavy (non-hydrogen) atoms. The van der Waals surface area contributed by atoms with E-state index >= 15 is 0 Å². The van der Waals surface area contributed by atoms with E-state index < -0.39 is 17.6 Å². The van der Waals surface area contributed by atoms with Crippen molar-refractivity contribution in [3.8, 4) is 0 Å². The zero-order valence-electron chi connectivity index (χ0n) is 18.6. The van der Waals surface area contributed by atoms with Crippen molar-refractivity contribution in [2.24, 2.45) is 0 Å². The van der Waals surface area contributed by atoms with Gasteiger partial charge in [-0.05, 0) is 50.7 Å². The molecule has 1 unspecified atom stereocenters. The number of unbranched alkanes of at least 4 members (excludes halogenated alkanes) is 1. The molecule has 0 saturated carbocycles. The molecule has 170 valence electrons. The van der Waals surface area contributed by atoms with E-state index in [9.17, 15) is 19.5 Å². The number of benzene rings is 1. The van der Waals surface area contributed by atoms with Gasteiger partial charge in [-0.2, -0.15) is 0 Å². The van der Waals surface area contributed by atoms with E-state index in [-0.39, 0.29) is 18.7 Å². The Morgan fingerprint density at radius 3 is 2.62 bits per heavy atom. The summed E-state index contributed by atoms with van der Waals surface area (Å²) < 4.78 is 11.6. The molecule has 3 aromatic rings. The fourth-order valence-electron chi connectivity index (χ4n) is 4.60. The number of furan rings is 1. The van der Waals surface area contributed by atoms with Crippen molar-refractivity contribution in [1.82, 2.24) is 5.32 Å². The lowest BCUT2D eigenvalue weighted by molar-refractivity contribution is -0.142. The van der Waals surface area contributed by atoms with Crippen LogP contribution < -0.4 is 10.9 Å². The van der Waals surface area contributed by atoms with E-state index in [2.05, 4.69) is 5.32 Å². The van der Waals surface area contributed by atoms with E-state index in [0.29, 0.717) is 17.6 Å². The van der Waals surface area contributed by atoms with Gasteiger partial charge in [-0.1, -0.05) is 19.8 Å². The van der Waals surface area contributed by atoms with Crippen LogP contribution in [0.2, 0.25) is 0 Å². The SMILES string of the molecule is CCCCC(NC(=O)CCc1c(C)c2cc3c4c(oc3cc2oc1=O)CCCC4)C(=O)O. The van der Waals surface area contributed by atoms with Gasteiger partial charge in [0.25, 0.3) is 0 Å². The van der Waals surface area contributed by atoms with Gasteiger partial charge in [-0.3, -0.25) is 4.79 Å². The van der Waals surface area contributed by atoms with Gasteiger partial charge in [0.05, 0.1) is 0 Å². The topological polar surface area (TPSA) is 110 Å². The monoisotopic (exact) mass is 439 g/mol. The van der Waals surface area contributed by atoms with Gasteiger partial charge in [0.1, 0.15) is 23.0 Å². The van der Waals surface area contributed by atoms with E-state index in [1.165, 1.54) is 5.56 Å². The number of amides is 1.